The fraction of sp³-hybridized carbons (Fsp3) is 0.448. The van der Waals surface area contributed by atoms with E-state index in [4.69, 9.17) is 11.5 Å². The van der Waals surface area contributed by atoms with E-state index in [1.165, 1.54) is 0 Å². The van der Waals surface area contributed by atoms with Crippen molar-refractivity contribution < 1.29 is 20.4 Å². The lowest BCUT2D eigenvalue weighted by Gasteiger charge is -2.26. The van der Waals surface area contributed by atoms with Gasteiger partial charge in [-0.15, -0.1) is 0 Å². The molecule has 10 nitrogen and oxygen atoms in total. The van der Waals surface area contributed by atoms with Gasteiger partial charge in [-0.25, -0.2) is 0 Å². The second kappa shape index (κ2) is 15.8. The normalized spacial score (nSPS) is 21.0. The number of hydrogen-bond acceptors (Lipinski definition) is 10. The van der Waals surface area contributed by atoms with Gasteiger partial charge in [-0.05, 0) is 67.8 Å². The highest BCUT2D eigenvalue weighted by Gasteiger charge is 2.18. The highest BCUT2D eigenvalue weighted by molar-refractivity contribution is 5.56. The summed E-state index contributed by atoms with van der Waals surface area (Å²) >= 11 is 0. The van der Waals surface area contributed by atoms with Crippen molar-refractivity contribution in [1.29, 1.82) is 0 Å². The summed E-state index contributed by atoms with van der Waals surface area (Å²) in [5, 5.41) is 44.3. The first-order valence-corrected chi connectivity index (χ1v) is 13.6. The number of hydrogen-bond donors (Lipinski definition) is 8. The summed E-state index contributed by atoms with van der Waals surface area (Å²) < 4.78 is 0. The maximum atomic E-state index is 9.34. The van der Waals surface area contributed by atoms with Crippen molar-refractivity contribution in [2.75, 3.05) is 62.8 Å². The van der Waals surface area contributed by atoms with Crippen molar-refractivity contribution in [2.24, 2.45) is 11.5 Å². The summed E-state index contributed by atoms with van der Waals surface area (Å²) in [6, 6.07) is 7.83. The van der Waals surface area contributed by atoms with E-state index in [9.17, 15) is 20.4 Å². The second-order valence-electron chi connectivity index (χ2n) is 9.60. The Balaban J connectivity index is 1.68. The fourth-order valence-electron chi connectivity index (χ4n) is 4.76. The van der Waals surface area contributed by atoms with Crippen molar-refractivity contribution in [3.8, 4) is 0 Å². The predicted molar refractivity (Wildman–Crippen MR) is 156 cm³/mol. The molecule has 2 aliphatic rings. The summed E-state index contributed by atoms with van der Waals surface area (Å²) in [4.78, 5) is 3.88. The van der Waals surface area contributed by atoms with Crippen LogP contribution in [-0.4, -0.2) is 84.0 Å². The topological polar surface area (TPSA) is 164 Å². The van der Waals surface area contributed by atoms with Crippen molar-refractivity contribution in [1.82, 2.24) is 10.2 Å². The van der Waals surface area contributed by atoms with Crippen LogP contribution in [-0.2, 0) is 0 Å². The number of nitrogens with two attached hydrogens (primary N) is 2. The quantitative estimate of drug-likeness (QED) is 0.171. The molecule has 2 aliphatic carbocycles. The van der Waals surface area contributed by atoms with Crippen LogP contribution in [0.25, 0.3) is 0 Å². The van der Waals surface area contributed by atoms with Crippen molar-refractivity contribution in [3.63, 3.8) is 0 Å². The second-order valence-corrected chi connectivity index (χ2v) is 9.60. The van der Waals surface area contributed by atoms with Gasteiger partial charge in [0.25, 0.3) is 0 Å². The molecule has 10 heteroatoms. The molecule has 0 saturated heterocycles. The molecule has 39 heavy (non-hydrogen) atoms. The first kappa shape index (κ1) is 30.1. The molecule has 0 heterocycles. The van der Waals surface area contributed by atoms with E-state index in [-0.39, 0.29) is 32.5 Å². The standard InChI is InChI=1S/C29H44N6O4/c30-26-21-27(31)29(33-23-8-11-25(12-9-23)35(15-19-38)16-20-39)6-2-5-28(26)32-22-3-1-4-24(10-7-22)34(13-17-36)14-18-37/h1,4,7-12,21,29,32-33,36-39H,2-3,5-6,13-20,30-31H2/b27-21+,28-26-. The van der Waals surface area contributed by atoms with Crippen LogP contribution in [0.5, 0.6) is 0 Å². The molecule has 0 aromatic heterocycles. The number of anilines is 2. The molecular weight excluding hydrogens is 496 g/mol. The number of nitrogens with zero attached hydrogens (tertiary/aromatic N) is 2. The minimum atomic E-state index is -0.0588. The fourth-order valence-corrected chi connectivity index (χ4v) is 4.76. The van der Waals surface area contributed by atoms with Crippen LogP contribution in [0.3, 0.4) is 0 Å². The van der Waals surface area contributed by atoms with E-state index in [0.717, 1.165) is 47.7 Å². The first-order chi connectivity index (χ1) is 19.0. The molecule has 3 rings (SSSR count). The smallest absolute Gasteiger partial charge is 0.0658 e. The Morgan fingerprint density at radius 2 is 1.49 bits per heavy atom. The highest BCUT2D eigenvalue weighted by atomic mass is 16.3. The zero-order valence-electron chi connectivity index (χ0n) is 22.6. The van der Waals surface area contributed by atoms with Gasteiger partial charge < -0.3 is 52.3 Å². The van der Waals surface area contributed by atoms with Gasteiger partial charge in [-0.2, -0.15) is 0 Å². The van der Waals surface area contributed by atoms with E-state index in [0.29, 0.717) is 44.0 Å². The highest BCUT2D eigenvalue weighted by Crippen LogP contribution is 2.24. The molecule has 0 saturated carbocycles. The van der Waals surface area contributed by atoms with E-state index in [1.54, 1.807) is 0 Å². The maximum Gasteiger partial charge on any atom is 0.0658 e. The predicted octanol–water partition coefficient (Wildman–Crippen LogP) is 1.06. The number of aliphatic hydroxyl groups is 4. The van der Waals surface area contributed by atoms with E-state index >= 15 is 0 Å². The molecule has 1 atom stereocenters. The van der Waals surface area contributed by atoms with Gasteiger partial charge >= 0.3 is 0 Å². The lowest BCUT2D eigenvalue weighted by molar-refractivity contribution is 0.192. The number of nitrogens with one attached hydrogen (secondary N) is 2. The number of benzene rings is 1. The molecule has 0 fully saturated rings. The average Bonchev–Trinajstić information content (AvgIpc) is 3.17. The Labute approximate surface area is 231 Å². The van der Waals surface area contributed by atoms with E-state index in [1.807, 2.05) is 58.4 Å². The van der Waals surface area contributed by atoms with Crippen LogP contribution in [0.15, 0.2) is 83.1 Å². The molecule has 0 radical (unpaired) electrons. The lowest BCUT2D eigenvalue weighted by Crippen LogP contribution is -2.30. The van der Waals surface area contributed by atoms with E-state index in [2.05, 4.69) is 16.7 Å². The molecule has 0 aliphatic heterocycles. The summed E-state index contributed by atoms with van der Waals surface area (Å²) in [5.74, 6) is 0. The van der Waals surface area contributed by atoms with Gasteiger partial charge in [-0.1, -0.05) is 6.08 Å². The largest absolute Gasteiger partial charge is 0.400 e. The molecule has 0 spiro atoms. The third kappa shape index (κ3) is 9.07. The van der Waals surface area contributed by atoms with Gasteiger partial charge in [0, 0.05) is 66.8 Å². The lowest BCUT2D eigenvalue weighted by atomic mass is 9.99. The Kier molecular flexibility index (Phi) is 12.2. The zero-order chi connectivity index (χ0) is 28.0. The number of rotatable bonds is 14. The van der Waals surface area contributed by atoms with Gasteiger partial charge in [0.2, 0.25) is 0 Å². The third-order valence-corrected chi connectivity index (χ3v) is 6.80. The van der Waals surface area contributed by atoms with Gasteiger partial charge in [0.05, 0.1) is 38.2 Å². The zero-order valence-corrected chi connectivity index (χ0v) is 22.6. The summed E-state index contributed by atoms with van der Waals surface area (Å²) in [6.45, 7) is 1.93. The molecule has 1 aromatic rings. The molecular formula is C29H44N6O4. The van der Waals surface area contributed by atoms with Gasteiger partial charge in [-0.3, -0.25) is 0 Å². The Bertz CT molecular complexity index is 1050. The average molecular weight is 541 g/mol. The van der Waals surface area contributed by atoms with Crippen molar-refractivity contribution >= 4 is 11.4 Å². The molecule has 0 amide bonds. The maximum absolute atomic E-state index is 9.34. The monoisotopic (exact) mass is 540 g/mol. The molecule has 214 valence electrons. The minimum Gasteiger partial charge on any atom is -0.400 e. The van der Waals surface area contributed by atoms with Crippen LogP contribution in [0.4, 0.5) is 11.4 Å². The summed E-state index contributed by atoms with van der Waals surface area (Å²) in [5.41, 5.74) is 19.0. The SMILES string of the molecule is NC1=C(\NC2=CC=C(N(CCO)CCO)C=CC2)CCCC(Nc2ccc(N(CCO)CCO)cc2)/C(N)=C\1. The Hall–Kier alpha value is -3.44. The Morgan fingerprint density at radius 1 is 0.846 bits per heavy atom. The van der Waals surface area contributed by atoms with Crippen molar-refractivity contribution in [2.45, 2.75) is 31.7 Å². The summed E-state index contributed by atoms with van der Waals surface area (Å²) in [7, 11) is 0. The van der Waals surface area contributed by atoms with Crippen molar-refractivity contribution in [3.05, 3.63) is 83.1 Å². The Morgan fingerprint density at radius 3 is 2.13 bits per heavy atom. The molecule has 0 bridgehead atoms. The molecule has 1 aromatic carbocycles. The van der Waals surface area contributed by atoms with Crippen LogP contribution >= 0.6 is 0 Å². The van der Waals surface area contributed by atoms with Gasteiger partial charge in [0.1, 0.15) is 0 Å². The van der Waals surface area contributed by atoms with E-state index < -0.39 is 0 Å². The van der Waals surface area contributed by atoms with Gasteiger partial charge in [0.15, 0.2) is 0 Å². The van der Waals surface area contributed by atoms with Crippen LogP contribution < -0.4 is 27.0 Å². The number of allylic oxidation sites excluding steroid dienone is 6. The van der Waals surface area contributed by atoms with Crippen LogP contribution in [0.1, 0.15) is 25.7 Å². The van der Waals surface area contributed by atoms with Crippen LogP contribution in [0.2, 0.25) is 0 Å². The first-order valence-electron chi connectivity index (χ1n) is 13.6. The number of aliphatic hydroxyl groups excluding tert-OH is 4. The van der Waals surface area contributed by atoms with Crippen LogP contribution in [0, 0.1) is 0 Å². The summed E-state index contributed by atoms with van der Waals surface area (Å²) in [6.07, 6.45) is 13.1. The minimum absolute atomic E-state index is 0.0200. The third-order valence-electron chi connectivity index (χ3n) is 6.80. The molecule has 1 unspecified atom stereocenters. The molecule has 10 N–H and O–H groups in total.